The lowest BCUT2D eigenvalue weighted by molar-refractivity contribution is 0.102. The van der Waals surface area contributed by atoms with Crippen molar-refractivity contribution in [3.8, 4) is 0 Å². The van der Waals surface area contributed by atoms with Crippen LogP contribution in [-0.4, -0.2) is 11.8 Å². The third-order valence-electron chi connectivity index (χ3n) is 3.22. The minimum Gasteiger partial charge on any atom is -0.383 e. The average Bonchev–Trinajstić information content (AvgIpc) is 2.83. The second-order valence-electron chi connectivity index (χ2n) is 4.28. The van der Waals surface area contributed by atoms with Gasteiger partial charge in [0.05, 0.1) is 6.04 Å². The van der Waals surface area contributed by atoms with Crippen LogP contribution in [0.25, 0.3) is 0 Å². The van der Waals surface area contributed by atoms with Gasteiger partial charge in [-0.05, 0) is 0 Å². The van der Waals surface area contributed by atoms with E-state index in [1.54, 1.807) is 0 Å². The second kappa shape index (κ2) is 4.06. The molecule has 2 atom stereocenters. The van der Waals surface area contributed by atoms with Gasteiger partial charge < -0.3 is 5.32 Å². The number of nitrogens with one attached hydrogen (secondary N) is 1. The highest BCUT2D eigenvalue weighted by molar-refractivity contribution is 6.09. The molecule has 2 aliphatic rings. The maximum Gasteiger partial charge on any atom is 0.191 e. The summed E-state index contributed by atoms with van der Waals surface area (Å²) in [5, 5.41) is 3.24. The van der Waals surface area contributed by atoms with E-state index < -0.39 is 0 Å². The zero-order valence-electron chi connectivity index (χ0n) is 9.34. The van der Waals surface area contributed by atoms with E-state index in [1.165, 1.54) is 0 Å². The number of rotatable bonds is 2. The molecule has 1 aromatic rings. The molecule has 1 aliphatic heterocycles. The SMILES string of the molecule is O=C(C1=CNC2C=CC=CC12)c1ccccc1. The summed E-state index contributed by atoms with van der Waals surface area (Å²) >= 11 is 0. The van der Waals surface area contributed by atoms with Crippen molar-refractivity contribution in [3.05, 3.63) is 72.0 Å². The molecule has 17 heavy (non-hydrogen) atoms. The van der Waals surface area contributed by atoms with Gasteiger partial charge in [0.25, 0.3) is 0 Å². The van der Waals surface area contributed by atoms with E-state index in [-0.39, 0.29) is 17.7 Å². The summed E-state index contributed by atoms with van der Waals surface area (Å²) < 4.78 is 0. The predicted octanol–water partition coefficient (Wildman–Crippen LogP) is 2.47. The van der Waals surface area contributed by atoms with Gasteiger partial charge in [-0.25, -0.2) is 0 Å². The van der Waals surface area contributed by atoms with Crippen LogP contribution in [0.4, 0.5) is 0 Å². The average molecular weight is 223 g/mol. The smallest absolute Gasteiger partial charge is 0.191 e. The van der Waals surface area contributed by atoms with E-state index in [0.29, 0.717) is 0 Å². The zero-order valence-corrected chi connectivity index (χ0v) is 9.34. The van der Waals surface area contributed by atoms with Crippen LogP contribution in [0, 0.1) is 5.92 Å². The lowest BCUT2D eigenvalue weighted by atomic mass is 9.87. The number of carbonyl (C=O) groups excluding carboxylic acids is 1. The van der Waals surface area contributed by atoms with Gasteiger partial charge in [0, 0.05) is 23.3 Å². The number of hydrogen-bond acceptors (Lipinski definition) is 2. The fourth-order valence-corrected chi connectivity index (χ4v) is 2.32. The topological polar surface area (TPSA) is 29.1 Å². The van der Waals surface area contributed by atoms with Crippen LogP contribution < -0.4 is 5.32 Å². The highest BCUT2D eigenvalue weighted by Gasteiger charge is 2.31. The first-order valence-corrected chi connectivity index (χ1v) is 5.77. The van der Waals surface area contributed by atoms with E-state index in [0.717, 1.165) is 11.1 Å². The molecule has 0 bridgehead atoms. The van der Waals surface area contributed by atoms with E-state index in [9.17, 15) is 4.79 Å². The molecular formula is C15H13NO. The Kier molecular flexibility index (Phi) is 2.41. The summed E-state index contributed by atoms with van der Waals surface area (Å²) in [6.45, 7) is 0. The molecule has 0 saturated heterocycles. The molecule has 0 radical (unpaired) electrons. The largest absolute Gasteiger partial charge is 0.383 e. The summed E-state index contributed by atoms with van der Waals surface area (Å²) in [5.74, 6) is 0.290. The third-order valence-corrected chi connectivity index (χ3v) is 3.22. The van der Waals surface area contributed by atoms with E-state index in [1.807, 2.05) is 48.7 Å². The molecule has 1 N–H and O–H groups in total. The molecular weight excluding hydrogens is 210 g/mol. The highest BCUT2D eigenvalue weighted by Crippen LogP contribution is 2.28. The fraction of sp³-hybridized carbons (Fsp3) is 0.133. The van der Waals surface area contributed by atoms with Crippen LogP contribution in [0.2, 0.25) is 0 Å². The van der Waals surface area contributed by atoms with Crippen molar-refractivity contribution in [3.63, 3.8) is 0 Å². The molecule has 1 aliphatic carbocycles. The monoisotopic (exact) mass is 223 g/mol. The van der Waals surface area contributed by atoms with Crippen LogP contribution in [0.3, 0.4) is 0 Å². The molecule has 2 heteroatoms. The third kappa shape index (κ3) is 1.72. The van der Waals surface area contributed by atoms with Gasteiger partial charge in [0.2, 0.25) is 0 Å². The summed E-state index contributed by atoms with van der Waals surface area (Å²) in [7, 11) is 0. The molecule has 1 aromatic carbocycles. The number of Topliss-reactive ketones (excluding diaryl/α,β-unsaturated/α-hetero) is 1. The van der Waals surface area contributed by atoms with E-state index in [4.69, 9.17) is 0 Å². The predicted molar refractivity (Wildman–Crippen MR) is 67.5 cm³/mol. The number of allylic oxidation sites excluding steroid dienone is 2. The Bertz CT molecular complexity index is 525. The molecule has 1 heterocycles. The fourth-order valence-electron chi connectivity index (χ4n) is 2.32. The van der Waals surface area contributed by atoms with Crippen molar-refractivity contribution in [1.29, 1.82) is 0 Å². The molecule has 0 saturated carbocycles. The van der Waals surface area contributed by atoms with Crippen LogP contribution in [0.1, 0.15) is 10.4 Å². The lowest BCUT2D eigenvalue weighted by Crippen LogP contribution is -2.26. The van der Waals surface area contributed by atoms with Gasteiger partial charge in [-0.15, -0.1) is 0 Å². The lowest BCUT2D eigenvalue weighted by Gasteiger charge is -2.18. The quantitative estimate of drug-likeness (QED) is 0.780. The molecule has 0 spiro atoms. The van der Waals surface area contributed by atoms with Crippen molar-refractivity contribution in [2.75, 3.05) is 0 Å². The minimum absolute atomic E-state index is 0.116. The Labute approximate surface area is 100 Å². The first kappa shape index (κ1) is 10.1. The van der Waals surface area contributed by atoms with Crippen LogP contribution in [-0.2, 0) is 0 Å². The Morgan fingerprint density at radius 3 is 2.65 bits per heavy atom. The highest BCUT2D eigenvalue weighted by atomic mass is 16.1. The van der Waals surface area contributed by atoms with Gasteiger partial charge in [-0.3, -0.25) is 4.79 Å². The number of benzene rings is 1. The maximum absolute atomic E-state index is 12.3. The van der Waals surface area contributed by atoms with Gasteiger partial charge in [0.15, 0.2) is 5.78 Å². The summed E-state index contributed by atoms with van der Waals surface area (Å²) in [6.07, 6.45) is 10.0. The Balaban J connectivity index is 1.89. The Hall–Kier alpha value is -2.09. The first-order valence-electron chi connectivity index (χ1n) is 5.77. The molecule has 84 valence electrons. The molecule has 3 rings (SSSR count). The summed E-state index contributed by atoms with van der Waals surface area (Å²) in [4.78, 5) is 12.3. The normalized spacial score (nSPS) is 25.1. The van der Waals surface area contributed by atoms with E-state index >= 15 is 0 Å². The summed E-state index contributed by atoms with van der Waals surface area (Å²) in [6, 6.07) is 9.67. The van der Waals surface area contributed by atoms with Crippen molar-refractivity contribution in [2.24, 2.45) is 5.92 Å². The number of ketones is 1. The minimum atomic E-state index is 0.116. The number of carbonyl (C=O) groups is 1. The van der Waals surface area contributed by atoms with Gasteiger partial charge >= 0.3 is 0 Å². The number of hydrogen-bond donors (Lipinski definition) is 1. The molecule has 0 aromatic heterocycles. The Morgan fingerprint density at radius 2 is 1.82 bits per heavy atom. The van der Waals surface area contributed by atoms with Crippen molar-refractivity contribution < 1.29 is 4.79 Å². The molecule has 2 nitrogen and oxygen atoms in total. The van der Waals surface area contributed by atoms with E-state index in [2.05, 4.69) is 17.5 Å². The van der Waals surface area contributed by atoms with Gasteiger partial charge in [-0.1, -0.05) is 54.6 Å². The van der Waals surface area contributed by atoms with Crippen molar-refractivity contribution in [1.82, 2.24) is 5.32 Å². The Morgan fingerprint density at radius 1 is 1.06 bits per heavy atom. The van der Waals surface area contributed by atoms with Crippen LogP contribution in [0.15, 0.2) is 66.4 Å². The van der Waals surface area contributed by atoms with Crippen molar-refractivity contribution in [2.45, 2.75) is 6.04 Å². The van der Waals surface area contributed by atoms with Crippen molar-refractivity contribution >= 4 is 5.78 Å². The molecule has 2 unspecified atom stereocenters. The van der Waals surface area contributed by atoms with Crippen LogP contribution >= 0.6 is 0 Å². The molecule has 0 fully saturated rings. The van der Waals surface area contributed by atoms with Crippen LogP contribution in [0.5, 0.6) is 0 Å². The van der Waals surface area contributed by atoms with Gasteiger partial charge in [-0.2, -0.15) is 0 Å². The zero-order chi connectivity index (χ0) is 11.7. The second-order valence-corrected chi connectivity index (χ2v) is 4.28. The standard InChI is InChI=1S/C15H13NO/c17-15(11-6-2-1-3-7-11)13-10-16-14-9-5-4-8-12(13)14/h1-10,12,14,16H. The summed E-state index contributed by atoms with van der Waals surface area (Å²) in [5.41, 5.74) is 1.60. The molecule has 0 amide bonds. The number of fused-ring (bicyclic) bond motifs is 1. The first-order chi connectivity index (χ1) is 8.36. The van der Waals surface area contributed by atoms with Gasteiger partial charge in [0.1, 0.15) is 0 Å². The maximum atomic E-state index is 12.3.